The van der Waals surface area contributed by atoms with Crippen LogP contribution >= 0.6 is 0 Å². The Kier molecular flexibility index (Phi) is 5.19. The van der Waals surface area contributed by atoms with Gasteiger partial charge in [0.2, 0.25) is 0 Å². The van der Waals surface area contributed by atoms with Crippen molar-refractivity contribution in [2.75, 3.05) is 19.6 Å². The molecule has 2 N–H and O–H groups in total. The molecule has 1 aromatic rings. The molecule has 0 aliphatic carbocycles. The number of guanidine groups is 1. The number of aryl methyl sites for hydroxylation is 1. The average molecular weight is 260 g/mol. The largest absolute Gasteiger partial charge is 0.370 e. The summed E-state index contributed by atoms with van der Waals surface area (Å²) in [6.45, 7) is 4.86. The third-order valence-electron chi connectivity index (χ3n) is 3.58. The van der Waals surface area contributed by atoms with Crippen molar-refractivity contribution >= 4 is 5.96 Å². The van der Waals surface area contributed by atoms with Gasteiger partial charge in [-0.3, -0.25) is 9.98 Å². The second kappa shape index (κ2) is 7.12. The van der Waals surface area contributed by atoms with E-state index in [1.807, 2.05) is 19.2 Å². The highest BCUT2D eigenvalue weighted by Crippen LogP contribution is 2.09. The quantitative estimate of drug-likeness (QED) is 0.669. The van der Waals surface area contributed by atoms with Crippen LogP contribution in [0.15, 0.2) is 23.3 Å². The lowest BCUT2D eigenvalue weighted by atomic mass is 10.2. The van der Waals surface area contributed by atoms with E-state index in [0.717, 1.165) is 31.7 Å². The molecule has 4 heteroatoms. The number of aromatic nitrogens is 1. The highest BCUT2D eigenvalue weighted by molar-refractivity contribution is 5.78. The molecule has 0 unspecified atom stereocenters. The first-order valence-corrected chi connectivity index (χ1v) is 7.22. The molecule has 0 saturated carbocycles. The Bertz CT molecular complexity index is 403. The zero-order chi connectivity index (χ0) is 13.5. The zero-order valence-corrected chi connectivity index (χ0v) is 11.8. The van der Waals surface area contributed by atoms with Gasteiger partial charge in [0, 0.05) is 31.5 Å². The molecule has 2 heterocycles. The summed E-state index contributed by atoms with van der Waals surface area (Å²) < 4.78 is 0. The first kappa shape index (κ1) is 13.8. The fraction of sp³-hybridized carbons (Fsp3) is 0.600. The normalized spacial score (nSPS) is 17.3. The lowest BCUT2D eigenvalue weighted by Gasteiger charge is -2.21. The van der Waals surface area contributed by atoms with Crippen LogP contribution in [0.4, 0.5) is 0 Å². The summed E-state index contributed by atoms with van der Waals surface area (Å²) in [5.74, 6) is 0.710. The second-order valence-electron chi connectivity index (χ2n) is 5.20. The molecule has 0 atom stereocenters. The van der Waals surface area contributed by atoms with E-state index in [-0.39, 0.29) is 0 Å². The van der Waals surface area contributed by atoms with Gasteiger partial charge < -0.3 is 10.6 Å². The standard InChI is InChI=1S/C15H24N4/c1-13-6-7-14(12-18-13)8-9-17-15(16)19-10-4-2-3-5-11-19/h6-7,12H,2-5,8-11H2,1H3,(H2,16,17). The summed E-state index contributed by atoms with van der Waals surface area (Å²) in [4.78, 5) is 11.0. The van der Waals surface area contributed by atoms with Crippen LogP contribution in [0, 0.1) is 6.92 Å². The number of hydrogen-bond acceptors (Lipinski definition) is 2. The van der Waals surface area contributed by atoms with Gasteiger partial charge >= 0.3 is 0 Å². The van der Waals surface area contributed by atoms with Gasteiger partial charge in [-0.25, -0.2) is 0 Å². The average Bonchev–Trinajstić information content (AvgIpc) is 2.70. The Morgan fingerprint density at radius 3 is 2.63 bits per heavy atom. The minimum absolute atomic E-state index is 0.710. The van der Waals surface area contributed by atoms with Crippen molar-refractivity contribution in [3.63, 3.8) is 0 Å². The molecule has 2 rings (SSSR count). The lowest BCUT2D eigenvalue weighted by molar-refractivity contribution is 0.428. The monoisotopic (exact) mass is 260 g/mol. The van der Waals surface area contributed by atoms with Crippen molar-refractivity contribution in [3.8, 4) is 0 Å². The molecular weight excluding hydrogens is 236 g/mol. The van der Waals surface area contributed by atoms with Crippen molar-refractivity contribution in [1.82, 2.24) is 9.88 Å². The van der Waals surface area contributed by atoms with Crippen molar-refractivity contribution in [1.29, 1.82) is 0 Å². The molecule has 4 nitrogen and oxygen atoms in total. The first-order valence-electron chi connectivity index (χ1n) is 7.22. The molecule has 104 valence electrons. The highest BCUT2D eigenvalue weighted by atomic mass is 15.2. The van der Waals surface area contributed by atoms with E-state index in [4.69, 9.17) is 5.73 Å². The van der Waals surface area contributed by atoms with Crippen LogP contribution in [0.1, 0.15) is 36.9 Å². The number of aliphatic imine (C=N–C) groups is 1. The molecule has 0 bridgehead atoms. The summed E-state index contributed by atoms with van der Waals surface area (Å²) in [6.07, 6.45) is 7.93. The Morgan fingerprint density at radius 2 is 2.00 bits per heavy atom. The van der Waals surface area contributed by atoms with Crippen molar-refractivity contribution in [2.24, 2.45) is 10.7 Å². The van der Waals surface area contributed by atoms with E-state index in [1.165, 1.54) is 31.2 Å². The van der Waals surface area contributed by atoms with Crippen LogP contribution in [-0.4, -0.2) is 35.5 Å². The predicted molar refractivity (Wildman–Crippen MR) is 79.2 cm³/mol. The van der Waals surface area contributed by atoms with Crippen LogP contribution in [0.25, 0.3) is 0 Å². The van der Waals surface area contributed by atoms with Gasteiger partial charge in [-0.2, -0.15) is 0 Å². The van der Waals surface area contributed by atoms with Crippen LogP contribution in [0.5, 0.6) is 0 Å². The van der Waals surface area contributed by atoms with Crippen molar-refractivity contribution < 1.29 is 0 Å². The van der Waals surface area contributed by atoms with E-state index in [2.05, 4.69) is 20.9 Å². The van der Waals surface area contributed by atoms with Gasteiger partial charge in [-0.05, 0) is 37.8 Å². The highest BCUT2D eigenvalue weighted by Gasteiger charge is 2.10. The molecule has 0 radical (unpaired) electrons. The van der Waals surface area contributed by atoms with E-state index >= 15 is 0 Å². The van der Waals surface area contributed by atoms with E-state index in [1.54, 1.807) is 0 Å². The van der Waals surface area contributed by atoms with Gasteiger partial charge in [-0.15, -0.1) is 0 Å². The molecule has 1 saturated heterocycles. The van der Waals surface area contributed by atoms with Gasteiger partial charge in [0.1, 0.15) is 0 Å². The second-order valence-corrected chi connectivity index (χ2v) is 5.20. The summed E-state index contributed by atoms with van der Waals surface area (Å²) in [5.41, 5.74) is 8.34. The minimum Gasteiger partial charge on any atom is -0.370 e. The Hall–Kier alpha value is -1.58. The molecule has 1 fully saturated rings. The van der Waals surface area contributed by atoms with E-state index < -0.39 is 0 Å². The maximum atomic E-state index is 6.07. The Balaban J connectivity index is 1.82. The number of likely N-dealkylation sites (tertiary alicyclic amines) is 1. The molecule has 19 heavy (non-hydrogen) atoms. The summed E-state index contributed by atoms with van der Waals surface area (Å²) >= 11 is 0. The molecule has 1 aliphatic heterocycles. The Labute approximate surface area is 115 Å². The van der Waals surface area contributed by atoms with Gasteiger partial charge in [0.15, 0.2) is 5.96 Å². The maximum Gasteiger partial charge on any atom is 0.191 e. The smallest absolute Gasteiger partial charge is 0.191 e. The Morgan fingerprint density at radius 1 is 1.26 bits per heavy atom. The fourth-order valence-electron chi connectivity index (χ4n) is 2.35. The molecule has 0 spiro atoms. The lowest BCUT2D eigenvalue weighted by Crippen LogP contribution is -2.38. The first-order chi connectivity index (χ1) is 9.25. The van der Waals surface area contributed by atoms with E-state index in [0.29, 0.717) is 5.96 Å². The number of rotatable bonds is 3. The van der Waals surface area contributed by atoms with Gasteiger partial charge in [-0.1, -0.05) is 18.9 Å². The summed E-state index contributed by atoms with van der Waals surface area (Å²) in [5, 5.41) is 0. The number of nitrogens with two attached hydrogens (primary N) is 1. The van der Waals surface area contributed by atoms with Crippen LogP contribution < -0.4 is 5.73 Å². The number of nitrogens with zero attached hydrogens (tertiary/aromatic N) is 3. The third-order valence-corrected chi connectivity index (χ3v) is 3.58. The van der Waals surface area contributed by atoms with Crippen molar-refractivity contribution in [2.45, 2.75) is 39.0 Å². The van der Waals surface area contributed by atoms with Gasteiger partial charge in [0.25, 0.3) is 0 Å². The summed E-state index contributed by atoms with van der Waals surface area (Å²) in [7, 11) is 0. The predicted octanol–water partition coefficient (Wildman–Crippen LogP) is 2.12. The molecule has 0 aromatic carbocycles. The van der Waals surface area contributed by atoms with E-state index in [9.17, 15) is 0 Å². The van der Waals surface area contributed by atoms with Crippen LogP contribution in [0.2, 0.25) is 0 Å². The third kappa shape index (κ3) is 4.54. The molecule has 1 aromatic heterocycles. The van der Waals surface area contributed by atoms with Crippen LogP contribution in [0.3, 0.4) is 0 Å². The van der Waals surface area contributed by atoms with Gasteiger partial charge in [0.05, 0.1) is 0 Å². The SMILES string of the molecule is Cc1ccc(CCN=C(N)N2CCCCCC2)cn1. The topological polar surface area (TPSA) is 54.5 Å². The maximum absolute atomic E-state index is 6.07. The molecular formula is C15H24N4. The fourth-order valence-corrected chi connectivity index (χ4v) is 2.35. The zero-order valence-electron chi connectivity index (χ0n) is 11.8. The molecule has 1 aliphatic rings. The number of hydrogen-bond donors (Lipinski definition) is 1. The number of pyridine rings is 1. The molecule has 0 amide bonds. The summed E-state index contributed by atoms with van der Waals surface area (Å²) in [6, 6.07) is 4.15. The van der Waals surface area contributed by atoms with Crippen LogP contribution in [-0.2, 0) is 6.42 Å². The van der Waals surface area contributed by atoms with Crippen molar-refractivity contribution in [3.05, 3.63) is 29.6 Å². The minimum atomic E-state index is 0.710.